The summed E-state index contributed by atoms with van der Waals surface area (Å²) in [5.41, 5.74) is 0.647. The lowest BCUT2D eigenvalue weighted by atomic mass is 10.3. The largest absolute Gasteiger partial charge is 0.497 e. The summed E-state index contributed by atoms with van der Waals surface area (Å²) in [6.45, 7) is 0. The molecule has 0 unspecified atom stereocenters. The van der Waals surface area contributed by atoms with Gasteiger partial charge in [-0.1, -0.05) is 17.4 Å². The van der Waals surface area contributed by atoms with Gasteiger partial charge in [-0.2, -0.15) is 0 Å². The third kappa shape index (κ3) is 2.77. The quantitative estimate of drug-likeness (QED) is 0.777. The van der Waals surface area contributed by atoms with Crippen molar-refractivity contribution in [2.45, 2.75) is 0 Å². The Balaban J connectivity index is 1.87. The fourth-order valence-electron chi connectivity index (χ4n) is 1.83. The van der Waals surface area contributed by atoms with Crippen LogP contribution in [0.3, 0.4) is 0 Å². The first-order chi connectivity index (χ1) is 10.2. The second kappa shape index (κ2) is 5.37. The fourth-order valence-corrected chi connectivity index (χ4v) is 2.72. The molecule has 2 N–H and O–H groups in total. The number of rotatable bonds is 3. The maximum atomic E-state index is 12.0. The van der Waals surface area contributed by atoms with E-state index in [0.717, 1.165) is 16.0 Å². The summed E-state index contributed by atoms with van der Waals surface area (Å²) in [5.74, 6) is 0.329. The Morgan fingerprint density at radius 3 is 2.95 bits per heavy atom. The number of H-pyrrole nitrogens is 1. The van der Waals surface area contributed by atoms with Gasteiger partial charge in [0.15, 0.2) is 5.13 Å². The number of carbonyl (C=O) groups excluding carboxylic acids is 1. The van der Waals surface area contributed by atoms with Crippen LogP contribution in [0.25, 0.3) is 10.2 Å². The molecule has 0 aliphatic carbocycles. The Hall–Kier alpha value is -2.67. The van der Waals surface area contributed by atoms with Crippen molar-refractivity contribution in [2.24, 2.45) is 0 Å². The van der Waals surface area contributed by atoms with Gasteiger partial charge >= 0.3 is 0 Å². The Morgan fingerprint density at radius 1 is 1.33 bits per heavy atom. The van der Waals surface area contributed by atoms with Gasteiger partial charge in [-0.15, -0.1) is 0 Å². The van der Waals surface area contributed by atoms with Crippen LogP contribution in [0.1, 0.15) is 10.5 Å². The van der Waals surface area contributed by atoms with Crippen molar-refractivity contribution in [3.63, 3.8) is 0 Å². The highest BCUT2D eigenvalue weighted by Crippen LogP contribution is 2.29. The Kier molecular flexibility index (Phi) is 3.41. The third-order valence-corrected chi connectivity index (χ3v) is 3.76. The number of fused-ring (bicyclic) bond motifs is 1. The standard InChI is InChI=1S/C14H11N3O3S/c1-20-8-5-6-9-11(7-8)21-14(16-9)17-13(19)10-3-2-4-12(18)15-10/h2-7H,1H3,(H,15,18)(H,16,17,19). The summed E-state index contributed by atoms with van der Waals surface area (Å²) in [6, 6.07) is 9.89. The second-order valence-corrected chi connectivity index (χ2v) is 5.27. The number of thiazole rings is 1. The van der Waals surface area contributed by atoms with Crippen LogP contribution in [0.4, 0.5) is 5.13 Å². The molecule has 0 saturated heterocycles. The zero-order chi connectivity index (χ0) is 14.8. The van der Waals surface area contributed by atoms with Gasteiger partial charge in [0, 0.05) is 6.07 Å². The molecule has 106 valence electrons. The van der Waals surface area contributed by atoms with E-state index in [9.17, 15) is 9.59 Å². The number of aromatic nitrogens is 2. The molecule has 0 aliphatic rings. The molecule has 0 bridgehead atoms. The Morgan fingerprint density at radius 2 is 2.19 bits per heavy atom. The SMILES string of the molecule is COc1ccc2nc(NC(=O)c3cccc(=O)[nH]3)sc2c1. The number of nitrogens with one attached hydrogen (secondary N) is 2. The zero-order valence-electron chi connectivity index (χ0n) is 11.0. The van der Waals surface area contributed by atoms with Crippen LogP contribution in [-0.4, -0.2) is 23.0 Å². The minimum Gasteiger partial charge on any atom is -0.497 e. The molecule has 6 nitrogen and oxygen atoms in total. The maximum Gasteiger partial charge on any atom is 0.273 e. The number of ether oxygens (including phenoxy) is 1. The summed E-state index contributed by atoms with van der Waals surface area (Å²) in [4.78, 5) is 30.0. The van der Waals surface area contributed by atoms with Gasteiger partial charge in [0.2, 0.25) is 5.56 Å². The third-order valence-electron chi connectivity index (χ3n) is 2.83. The molecule has 3 aromatic rings. The van der Waals surface area contributed by atoms with E-state index < -0.39 is 5.91 Å². The van der Waals surface area contributed by atoms with Crippen LogP contribution in [0.15, 0.2) is 41.2 Å². The van der Waals surface area contributed by atoms with Crippen molar-refractivity contribution in [1.29, 1.82) is 0 Å². The van der Waals surface area contributed by atoms with Crippen molar-refractivity contribution in [3.05, 3.63) is 52.4 Å². The monoisotopic (exact) mass is 301 g/mol. The van der Waals surface area contributed by atoms with E-state index in [1.807, 2.05) is 18.2 Å². The second-order valence-electron chi connectivity index (χ2n) is 4.24. The number of aromatic amines is 1. The molecule has 2 aromatic heterocycles. The number of hydrogen-bond donors (Lipinski definition) is 2. The number of carbonyl (C=O) groups is 1. The summed E-state index contributed by atoms with van der Waals surface area (Å²) in [6.07, 6.45) is 0. The van der Waals surface area contributed by atoms with Crippen LogP contribution in [0, 0.1) is 0 Å². The highest BCUT2D eigenvalue weighted by atomic mass is 32.1. The molecular weight excluding hydrogens is 290 g/mol. The number of pyridine rings is 1. The van der Waals surface area contributed by atoms with Gasteiger partial charge in [-0.25, -0.2) is 4.98 Å². The summed E-state index contributed by atoms with van der Waals surface area (Å²) in [7, 11) is 1.59. The first-order valence-electron chi connectivity index (χ1n) is 6.11. The molecule has 0 spiro atoms. The zero-order valence-corrected chi connectivity index (χ0v) is 11.9. The van der Waals surface area contributed by atoms with Crippen molar-refractivity contribution >= 4 is 32.6 Å². The van der Waals surface area contributed by atoms with E-state index >= 15 is 0 Å². The van der Waals surface area contributed by atoms with E-state index in [1.54, 1.807) is 7.11 Å². The Labute approximate surface area is 123 Å². The minimum absolute atomic E-state index is 0.194. The van der Waals surface area contributed by atoms with E-state index in [2.05, 4.69) is 15.3 Å². The van der Waals surface area contributed by atoms with Gasteiger partial charge in [-0.05, 0) is 24.3 Å². The molecule has 21 heavy (non-hydrogen) atoms. The highest BCUT2D eigenvalue weighted by Gasteiger charge is 2.11. The van der Waals surface area contributed by atoms with E-state index in [4.69, 9.17) is 4.74 Å². The van der Waals surface area contributed by atoms with Gasteiger partial charge in [0.25, 0.3) is 5.91 Å². The molecule has 3 rings (SSSR count). The Bertz CT molecular complexity index is 869. The van der Waals surface area contributed by atoms with Gasteiger partial charge in [0.1, 0.15) is 11.4 Å². The summed E-state index contributed by atoms with van der Waals surface area (Å²) < 4.78 is 6.06. The molecule has 1 amide bonds. The van der Waals surface area contributed by atoms with Gasteiger partial charge in [-0.3, -0.25) is 14.9 Å². The summed E-state index contributed by atoms with van der Waals surface area (Å²) in [5, 5.41) is 3.14. The fraction of sp³-hybridized carbons (Fsp3) is 0.0714. The van der Waals surface area contributed by atoms with E-state index in [0.29, 0.717) is 5.13 Å². The predicted octanol–water partition coefficient (Wildman–Crippen LogP) is 2.25. The predicted molar refractivity (Wildman–Crippen MR) is 81.2 cm³/mol. The number of benzene rings is 1. The molecular formula is C14H11N3O3S. The smallest absolute Gasteiger partial charge is 0.273 e. The van der Waals surface area contributed by atoms with Gasteiger partial charge in [0.05, 0.1) is 17.3 Å². The molecule has 1 aromatic carbocycles. The van der Waals surface area contributed by atoms with Crippen LogP contribution in [-0.2, 0) is 0 Å². The molecule has 0 aliphatic heterocycles. The molecule has 2 heterocycles. The van der Waals surface area contributed by atoms with Crippen molar-refractivity contribution in [3.8, 4) is 5.75 Å². The topological polar surface area (TPSA) is 84.1 Å². The number of amides is 1. The number of methoxy groups -OCH3 is 1. The normalized spacial score (nSPS) is 10.5. The molecule has 0 radical (unpaired) electrons. The average molecular weight is 301 g/mol. The molecule has 7 heteroatoms. The van der Waals surface area contributed by atoms with E-state index in [1.165, 1.54) is 29.5 Å². The first kappa shape index (κ1) is 13.3. The minimum atomic E-state index is -0.404. The number of hydrogen-bond acceptors (Lipinski definition) is 5. The lowest BCUT2D eigenvalue weighted by Crippen LogP contribution is -2.17. The molecule has 0 fully saturated rings. The van der Waals surface area contributed by atoms with Crippen LogP contribution in [0.5, 0.6) is 5.75 Å². The summed E-state index contributed by atoms with van der Waals surface area (Å²) >= 11 is 1.34. The maximum absolute atomic E-state index is 12.0. The molecule has 0 saturated carbocycles. The number of anilines is 1. The lowest BCUT2D eigenvalue weighted by molar-refractivity contribution is 0.102. The first-order valence-corrected chi connectivity index (χ1v) is 6.92. The van der Waals surface area contributed by atoms with Crippen LogP contribution in [0.2, 0.25) is 0 Å². The highest BCUT2D eigenvalue weighted by molar-refractivity contribution is 7.22. The lowest BCUT2D eigenvalue weighted by Gasteiger charge is -2.00. The van der Waals surface area contributed by atoms with Crippen LogP contribution >= 0.6 is 11.3 Å². The van der Waals surface area contributed by atoms with E-state index in [-0.39, 0.29) is 11.3 Å². The van der Waals surface area contributed by atoms with Gasteiger partial charge < -0.3 is 9.72 Å². The van der Waals surface area contributed by atoms with Crippen molar-refractivity contribution in [2.75, 3.05) is 12.4 Å². The van der Waals surface area contributed by atoms with Crippen molar-refractivity contribution in [1.82, 2.24) is 9.97 Å². The average Bonchev–Trinajstić information content (AvgIpc) is 2.88. The van der Waals surface area contributed by atoms with Crippen molar-refractivity contribution < 1.29 is 9.53 Å². The number of nitrogens with zero attached hydrogens (tertiary/aromatic N) is 1. The molecule has 0 atom stereocenters. The van der Waals surface area contributed by atoms with Crippen LogP contribution < -0.4 is 15.6 Å².